The lowest BCUT2D eigenvalue weighted by atomic mass is 10.1. The standard InChI is InChI=1S/C20H26N4O5/c1-23(13-15-7-8-22-29-15)18(25)11-16-20(26)21-9-10-24(16)12-14-5-4-6-17(27-2)19(14)28-3/h4-8,16H,9-13H2,1-3H3,(H,21,26). The topological polar surface area (TPSA) is 97.1 Å². The number of carbonyl (C=O) groups excluding carboxylic acids is 2. The summed E-state index contributed by atoms with van der Waals surface area (Å²) in [5, 5.41) is 6.50. The van der Waals surface area contributed by atoms with Crippen LogP contribution in [0, 0.1) is 0 Å². The van der Waals surface area contributed by atoms with E-state index in [0.29, 0.717) is 43.4 Å². The monoisotopic (exact) mass is 402 g/mol. The fraction of sp³-hybridized carbons (Fsp3) is 0.450. The third-order valence-corrected chi connectivity index (χ3v) is 4.98. The van der Waals surface area contributed by atoms with Gasteiger partial charge in [0.15, 0.2) is 17.3 Å². The number of nitrogens with one attached hydrogen (secondary N) is 1. The molecule has 2 heterocycles. The van der Waals surface area contributed by atoms with Crippen LogP contribution in [-0.2, 0) is 22.7 Å². The number of nitrogens with zero attached hydrogens (tertiary/aromatic N) is 3. The number of piperazine rings is 1. The highest BCUT2D eigenvalue weighted by molar-refractivity contribution is 5.88. The molecule has 1 saturated heterocycles. The highest BCUT2D eigenvalue weighted by Gasteiger charge is 2.33. The average molecular weight is 402 g/mol. The molecule has 2 amide bonds. The van der Waals surface area contributed by atoms with E-state index < -0.39 is 6.04 Å². The molecule has 0 saturated carbocycles. The van der Waals surface area contributed by atoms with Gasteiger partial charge in [-0.3, -0.25) is 14.5 Å². The van der Waals surface area contributed by atoms with Crippen molar-refractivity contribution in [3.8, 4) is 11.5 Å². The molecule has 0 radical (unpaired) electrons. The summed E-state index contributed by atoms with van der Waals surface area (Å²) in [5.41, 5.74) is 0.897. The lowest BCUT2D eigenvalue weighted by Crippen LogP contribution is -2.56. The first-order valence-corrected chi connectivity index (χ1v) is 9.38. The van der Waals surface area contributed by atoms with Crippen LogP contribution in [0.3, 0.4) is 0 Å². The van der Waals surface area contributed by atoms with Crippen molar-refractivity contribution in [2.45, 2.75) is 25.6 Å². The van der Waals surface area contributed by atoms with E-state index in [2.05, 4.69) is 10.5 Å². The minimum absolute atomic E-state index is 0.0722. The van der Waals surface area contributed by atoms with Gasteiger partial charge < -0.3 is 24.2 Å². The van der Waals surface area contributed by atoms with Crippen molar-refractivity contribution in [2.24, 2.45) is 0 Å². The zero-order valence-electron chi connectivity index (χ0n) is 16.9. The maximum absolute atomic E-state index is 12.7. The molecule has 1 aromatic heterocycles. The van der Waals surface area contributed by atoms with Gasteiger partial charge in [0, 0.05) is 38.3 Å². The average Bonchev–Trinajstić information content (AvgIpc) is 3.23. The van der Waals surface area contributed by atoms with Crippen molar-refractivity contribution in [3.63, 3.8) is 0 Å². The summed E-state index contributed by atoms with van der Waals surface area (Å²) >= 11 is 0. The van der Waals surface area contributed by atoms with Gasteiger partial charge in [-0.25, -0.2) is 0 Å². The zero-order chi connectivity index (χ0) is 20.8. The molecule has 1 unspecified atom stereocenters. The van der Waals surface area contributed by atoms with Crippen molar-refractivity contribution in [1.82, 2.24) is 20.3 Å². The molecule has 0 aliphatic carbocycles. The second-order valence-corrected chi connectivity index (χ2v) is 6.86. The first-order valence-electron chi connectivity index (χ1n) is 9.38. The number of hydrogen-bond acceptors (Lipinski definition) is 7. The summed E-state index contributed by atoms with van der Waals surface area (Å²) in [6.45, 7) is 1.94. The molecule has 1 atom stereocenters. The Balaban J connectivity index is 1.72. The van der Waals surface area contributed by atoms with Crippen LogP contribution in [0.25, 0.3) is 0 Å². The van der Waals surface area contributed by atoms with Gasteiger partial charge in [-0.05, 0) is 6.07 Å². The SMILES string of the molecule is COc1cccc(CN2CCNC(=O)C2CC(=O)N(C)Cc2ccno2)c1OC. The Morgan fingerprint density at radius 2 is 2.17 bits per heavy atom. The molecule has 1 aliphatic heterocycles. The van der Waals surface area contributed by atoms with Crippen LogP contribution in [0.15, 0.2) is 35.0 Å². The number of ether oxygens (including phenoxy) is 2. The molecule has 3 rings (SSSR count). The Bertz CT molecular complexity index is 839. The van der Waals surface area contributed by atoms with Crippen molar-refractivity contribution in [1.29, 1.82) is 0 Å². The molecule has 2 aromatic rings. The minimum Gasteiger partial charge on any atom is -0.493 e. The predicted molar refractivity (Wildman–Crippen MR) is 104 cm³/mol. The van der Waals surface area contributed by atoms with E-state index >= 15 is 0 Å². The van der Waals surface area contributed by atoms with E-state index in [1.54, 1.807) is 27.3 Å². The summed E-state index contributed by atoms with van der Waals surface area (Å²) in [6.07, 6.45) is 1.61. The van der Waals surface area contributed by atoms with E-state index in [0.717, 1.165) is 5.56 Å². The van der Waals surface area contributed by atoms with Gasteiger partial charge in [-0.1, -0.05) is 17.3 Å². The Hall–Kier alpha value is -3.07. The van der Waals surface area contributed by atoms with Gasteiger partial charge in [-0.2, -0.15) is 0 Å². The van der Waals surface area contributed by atoms with Crippen LogP contribution < -0.4 is 14.8 Å². The quantitative estimate of drug-likeness (QED) is 0.705. The largest absolute Gasteiger partial charge is 0.493 e. The van der Waals surface area contributed by atoms with Gasteiger partial charge in [0.2, 0.25) is 11.8 Å². The van der Waals surface area contributed by atoms with Gasteiger partial charge in [-0.15, -0.1) is 0 Å². The summed E-state index contributed by atoms with van der Waals surface area (Å²) in [7, 11) is 4.85. The molecule has 9 nitrogen and oxygen atoms in total. The maximum Gasteiger partial charge on any atom is 0.237 e. The Morgan fingerprint density at radius 1 is 1.34 bits per heavy atom. The number of carbonyl (C=O) groups is 2. The van der Waals surface area contributed by atoms with Crippen LogP contribution in [-0.4, -0.2) is 67.2 Å². The fourth-order valence-corrected chi connectivity index (χ4v) is 3.44. The van der Waals surface area contributed by atoms with Gasteiger partial charge in [0.25, 0.3) is 0 Å². The third-order valence-electron chi connectivity index (χ3n) is 4.98. The Kier molecular flexibility index (Phi) is 6.71. The first-order chi connectivity index (χ1) is 14.0. The summed E-state index contributed by atoms with van der Waals surface area (Å²) < 4.78 is 15.9. The van der Waals surface area contributed by atoms with E-state index in [9.17, 15) is 9.59 Å². The highest BCUT2D eigenvalue weighted by Crippen LogP contribution is 2.32. The van der Waals surface area contributed by atoms with Gasteiger partial charge >= 0.3 is 0 Å². The Morgan fingerprint density at radius 3 is 2.86 bits per heavy atom. The lowest BCUT2D eigenvalue weighted by Gasteiger charge is -2.35. The number of hydrogen-bond donors (Lipinski definition) is 1. The van der Waals surface area contributed by atoms with Crippen molar-refractivity contribution >= 4 is 11.8 Å². The molecule has 9 heteroatoms. The molecule has 1 aliphatic rings. The molecule has 0 bridgehead atoms. The molecule has 156 valence electrons. The smallest absolute Gasteiger partial charge is 0.237 e. The first kappa shape index (κ1) is 20.7. The second kappa shape index (κ2) is 9.42. The maximum atomic E-state index is 12.7. The van der Waals surface area contributed by atoms with E-state index in [4.69, 9.17) is 14.0 Å². The second-order valence-electron chi connectivity index (χ2n) is 6.86. The zero-order valence-corrected chi connectivity index (χ0v) is 16.9. The van der Waals surface area contributed by atoms with E-state index in [1.807, 2.05) is 23.1 Å². The minimum atomic E-state index is -0.565. The number of methoxy groups -OCH3 is 2. The number of amides is 2. The van der Waals surface area contributed by atoms with Crippen molar-refractivity contribution in [3.05, 3.63) is 41.8 Å². The van der Waals surface area contributed by atoms with Crippen LogP contribution in [0.5, 0.6) is 11.5 Å². The fourth-order valence-electron chi connectivity index (χ4n) is 3.44. The molecular formula is C20H26N4O5. The van der Waals surface area contributed by atoms with Crippen LogP contribution in [0.4, 0.5) is 0 Å². The number of benzene rings is 1. The number of rotatable bonds is 8. The summed E-state index contributed by atoms with van der Waals surface area (Å²) in [4.78, 5) is 28.8. The van der Waals surface area contributed by atoms with Crippen molar-refractivity contribution in [2.75, 3.05) is 34.4 Å². The van der Waals surface area contributed by atoms with Gasteiger partial charge in [0.05, 0.1) is 39.4 Å². The molecule has 29 heavy (non-hydrogen) atoms. The highest BCUT2D eigenvalue weighted by atomic mass is 16.5. The lowest BCUT2D eigenvalue weighted by molar-refractivity contribution is -0.138. The van der Waals surface area contributed by atoms with Crippen LogP contribution in [0.1, 0.15) is 17.7 Å². The molecule has 1 fully saturated rings. The number of para-hydroxylation sites is 1. The predicted octanol–water partition coefficient (Wildman–Crippen LogP) is 1.04. The summed E-state index contributed by atoms with van der Waals surface area (Å²) in [6, 6.07) is 6.78. The van der Waals surface area contributed by atoms with Crippen LogP contribution >= 0.6 is 0 Å². The summed E-state index contributed by atoms with van der Waals surface area (Å²) in [5.74, 6) is 1.55. The van der Waals surface area contributed by atoms with Crippen molar-refractivity contribution < 1.29 is 23.6 Å². The third kappa shape index (κ3) is 4.86. The molecule has 1 aromatic carbocycles. The van der Waals surface area contributed by atoms with Crippen LogP contribution in [0.2, 0.25) is 0 Å². The normalized spacial score (nSPS) is 16.9. The van der Waals surface area contributed by atoms with E-state index in [-0.39, 0.29) is 18.2 Å². The number of aromatic nitrogens is 1. The molecular weight excluding hydrogens is 376 g/mol. The Labute approximate surface area is 169 Å². The molecule has 1 N–H and O–H groups in total. The van der Waals surface area contributed by atoms with Gasteiger partial charge in [0.1, 0.15) is 0 Å². The van der Waals surface area contributed by atoms with E-state index in [1.165, 1.54) is 11.1 Å². The molecule has 0 spiro atoms.